The van der Waals surface area contributed by atoms with Gasteiger partial charge in [-0.05, 0) is 43.7 Å². The molecule has 5 nitrogen and oxygen atoms in total. The average Bonchev–Trinajstić information content (AvgIpc) is 2.94. The highest BCUT2D eigenvalue weighted by molar-refractivity contribution is 6.54. The molecule has 0 aliphatic carbocycles. The number of aromatic carboxylic acids is 1. The number of hydrogen-bond donors (Lipinski definition) is 2. The van der Waals surface area contributed by atoms with Crippen molar-refractivity contribution in [2.45, 2.75) is 32.1 Å². The molecule has 9 heteroatoms. The Morgan fingerprint density at radius 2 is 1.50 bits per heavy atom. The van der Waals surface area contributed by atoms with Crippen molar-refractivity contribution in [3.05, 3.63) is 54.0 Å². The van der Waals surface area contributed by atoms with Crippen LogP contribution in [0.1, 0.15) is 56.7 Å². The number of aromatic hydroxyl groups is 1. The minimum Gasteiger partial charge on any atom is -0.507 e. The molecule has 0 fully saturated rings. The molecule has 0 aromatic heterocycles. The largest absolute Gasteiger partial charge is 0.507 e. The highest BCUT2D eigenvalue weighted by atomic mass is 35.5. The van der Waals surface area contributed by atoms with Crippen LogP contribution in [0.4, 0.5) is 5.69 Å². The number of hydrogen-bond acceptors (Lipinski definition) is 4. The third-order valence-corrected chi connectivity index (χ3v) is 7.50. The van der Waals surface area contributed by atoms with Crippen LogP contribution in [0.3, 0.4) is 0 Å². The van der Waals surface area contributed by atoms with Gasteiger partial charge in [-0.25, -0.2) is 4.79 Å². The maximum absolute atomic E-state index is 13.5. The number of anilines is 1. The van der Waals surface area contributed by atoms with Gasteiger partial charge in [-0.2, -0.15) is 0 Å². The molecular weight excluding hydrogens is 472 g/mol. The summed E-state index contributed by atoms with van der Waals surface area (Å²) in [5.41, 5.74) is 1.74. The molecule has 0 unspecified atom stereocenters. The van der Waals surface area contributed by atoms with Crippen molar-refractivity contribution in [2.75, 3.05) is 18.0 Å². The lowest BCUT2D eigenvalue weighted by Gasteiger charge is -2.32. The zero-order valence-corrected chi connectivity index (χ0v) is 18.7. The summed E-state index contributed by atoms with van der Waals surface area (Å²) in [6, 6.07) is 1.63. The van der Waals surface area contributed by atoms with E-state index in [2.05, 4.69) is 4.90 Å². The lowest BCUT2D eigenvalue weighted by Crippen LogP contribution is -2.30. The lowest BCUT2D eigenvalue weighted by molar-refractivity contribution is 0.0693. The molecule has 0 amide bonds. The third-order valence-electron chi connectivity index (χ3n) is 5.70. The molecule has 0 spiro atoms. The first-order valence-electron chi connectivity index (χ1n) is 9.50. The number of halogens is 4. The van der Waals surface area contributed by atoms with Crippen molar-refractivity contribution in [1.29, 1.82) is 0 Å². The first kappa shape index (κ1) is 21.6. The van der Waals surface area contributed by atoms with Gasteiger partial charge in [-0.1, -0.05) is 46.4 Å². The van der Waals surface area contributed by atoms with E-state index in [-0.39, 0.29) is 37.0 Å². The zero-order valence-electron chi connectivity index (χ0n) is 15.7. The van der Waals surface area contributed by atoms with Gasteiger partial charge in [-0.15, -0.1) is 0 Å². The number of carbonyl (C=O) groups excluding carboxylic acids is 1. The molecule has 2 aromatic rings. The van der Waals surface area contributed by atoms with Gasteiger partial charge in [0, 0.05) is 24.3 Å². The quantitative estimate of drug-likeness (QED) is 0.313. The molecule has 0 radical (unpaired) electrons. The standard InChI is InChI=1S/C21H17Cl4NO4/c22-14-12(13(21(29)30)15(23)17(25)16(14)24)20(28)11-8-9-4-3-7-26-6-2-1-5-10(18(9)26)19(11)27/h8,27H,1-7H2,(H,29,30). The Labute approximate surface area is 193 Å². The van der Waals surface area contributed by atoms with E-state index in [1.165, 1.54) is 0 Å². The Kier molecular flexibility index (Phi) is 5.84. The summed E-state index contributed by atoms with van der Waals surface area (Å²) in [4.78, 5) is 27.6. The fourth-order valence-corrected chi connectivity index (χ4v) is 5.37. The molecule has 2 heterocycles. The molecule has 2 aliphatic rings. The summed E-state index contributed by atoms with van der Waals surface area (Å²) >= 11 is 24.4. The minimum atomic E-state index is -1.47. The Hall–Kier alpha value is -1.66. The van der Waals surface area contributed by atoms with Crippen LogP contribution in [-0.4, -0.2) is 35.1 Å². The van der Waals surface area contributed by atoms with Crippen LogP contribution in [-0.2, 0) is 12.8 Å². The van der Waals surface area contributed by atoms with Crippen molar-refractivity contribution in [1.82, 2.24) is 0 Å². The van der Waals surface area contributed by atoms with Crippen LogP contribution in [0, 0.1) is 0 Å². The van der Waals surface area contributed by atoms with Crippen LogP contribution < -0.4 is 4.90 Å². The van der Waals surface area contributed by atoms with Crippen LogP contribution in [0.2, 0.25) is 20.1 Å². The average molecular weight is 489 g/mol. The molecular formula is C21H17Cl4NO4. The second-order valence-electron chi connectivity index (χ2n) is 7.45. The van der Waals surface area contributed by atoms with Gasteiger partial charge in [0.1, 0.15) is 5.75 Å². The molecule has 0 saturated carbocycles. The number of carboxylic acids is 1. The number of carbonyl (C=O) groups is 2. The number of phenolic OH excluding ortho intramolecular Hbond substituents is 1. The monoisotopic (exact) mass is 487 g/mol. The Balaban J connectivity index is 1.97. The second-order valence-corrected chi connectivity index (χ2v) is 8.96. The normalized spacial score (nSPS) is 15.5. The second kappa shape index (κ2) is 8.12. The van der Waals surface area contributed by atoms with Crippen molar-refractivity contribution in [2.24, 2.45) is 0 Å². The highest BCUT2D eigenvalue weighted by Crippen LogP contribution is 2.45. The van der Waals surface area contributed by atoms with Crippen molar-refractivity contribution in [3.8, 4) is 5.75 Å². The van der Waals surface area contributed by atoms with Crippen molar-refractivity contribution >= 4 is 63.8 Å². The number of ketones is 1. The fraction of sp³-hybridized carbons (Fsp3) is 0.333. The minimum absolute atomic E-state index is 0.00800. The van der Waals surface area contributed by atoms with Gasteiger partial charge in [0.25, 0.3) is 0 Å². The molecule has 2 aliphatic heterocycles. The Morgan fingerprint density at radius 3 is 2.17 bits per heavy atom. The van der Waals surface area contributed by atoms with E-state index in [4.69, 9.17) is 46.4 Å². The molecule has 0 saturated heterocycles. The van der Waals surface area contributed by atoms with Gasteiger partial charge < -0.3 is 15.1 Å². The summed E-state index contributed by atoms with van der Waals surface area (Å²) in [6.45, 7) is 1.81. The van der Waals surface area contributed by atoms with E-state index in [0.717, 1.165) is 50.0 Å². The van der Waals surface area contributed by atoms with Crippen molar-refractivity contribution in [3.63, 3.8) is 0 Å². The number of nitrogens with zero attached hydrogens (tertiary/aromatic N) is 1. The number of phenols is 1. The third kappa shape index (κ3) is 3.32. The van der Waals surface area contributed by atoms with E-state index >= 15 is 0 Å². The number of aryl methyl sites for hydroxylation is 1. The Bertz CT molecular complexity index is 1100. The molecule has 0 bridgehead atoms. The van der Waals surface area contributed by atoms with Crippen molar-refractivity contribution < 1.29 is 19.8 Å². The number of rotatable bonds is 3. The SMILES string of the molecule is O=C(O)c1c(Cl)c(Cl)c(Cl)c(Cl)c1C(=O)c1cc2c3c(c1O)CCCCN3CCC2. The highest BCUT2D eigenvalue weighted by Gasteiger charge is 2.33. The maximum atomic E-state index is 13.5. The molecule has 4 rings (SSSR count). The summed E-state index contributed by atoms with van der Waals surface area (Å²) in [7, 11) is 0. The molecule has 0 atom stereocenters. The van der Waals surface area contributed by atoms with Crippen LogP contribution in [0.15, 0.2) is 6.07 Å². The van der Waals surface area contributed by atoms with Crippen LogP contribution >= 0.6 is 46.4 Å². The van der Waals surface area contributed by atoms with Gasteiger partial charge in [0.2, 0.25) is 0 Å². The number of benzene rings is 2. The van der Waals surface area contributed by atoms with E-state index in [1.54, 1.807) is 6.07 Å². The fourth-order valence-electron chi connectivity index (χ4n) is 4.35. The lowest BCUT2D eigenvalue weighted by atomic mass is 9.89. The molecule has 2 N–H and O–H groups in total. The van der Waals surface area contributed by atoms with E-state index in [0.29, 0.717) is 12.0 Å². The van der Waals surface area contributed by atoms with Gasteiger partial charge >= 0.3 is 5.97 Å². The first-order chi connectivity index (χ1) is 14.2. The van der Waals surface area contributed by atoms with E-state index in [9.17, 15) is 19.8 Å². The summed E-state index contributed by atoms with van der Waals surface area (Å²) in [5.74, 6) is -2.37. The predicted molar refractivity (Wildman–Crippen MR) is 118 cm³/mol. The number of carboxylic acid groups (broad SMARTS) is 1. The maximum Gasteiger partial charge on any atom is 0.338 e. The van der Waals surface area contributed by atoms with E-state index < -0.39 is 17.3 Å². The van der Waals surface area contributed by atoms with E-state index in [1.807, 2.05) is 0 Å². The van der Waals surface area contributed by atoms with Gasteiger partial charge in [-0.3, -0.25) is 4.79 Å². The smallest absolute Gasteiger partial charge is 0.338 e. The molecule has 2 aromatic carbocycles. The summed E-state index contributed by atoms with van der Waals surface area (Å²) < 4.78 is 0. The Morgan fingerprint density at radius 1 is 0.867 bits per heavy atom. The van der Waals surface area contributed by atoms with Crippen LogP contribution in [0.5, 0.6) is 5.75 Å². The predicted octanol–water partition coefficient (Wildman–Crippen LogP) is 6.02. The molecule has 30 heavy (non-hydrogen) atoms. The topological polar surface area (TPSA) is 77.8 Å². The summed E-state index contributed by atoms with van der Waals surface area (Å²) in [6.07, 6.45) is 4.21. The summed E-state index contributed by atoms with van der Waals surface area (Å²) in [5, 5.41) is 19.6. The van der Waals surface area contributed by atoms with Crippen LogP contribution in [0.25, 0.3) is 0 Å². The van der Waals surface area contributed by atoms with Gasteiger partial charge in [0.05, 0.1) is 36.8 Å². The first-order valence-corrected chi connectivity index (χ1v) is 11.0. The van der Waals surface area contributed by atoms with Gasteiger partial charge in [0.15, 0.2) is 5.78 Å². The molecule has 158 valence electrons. The zero-order chi connectivity index (χ0) is 21.7.